The Labute approximate surface area is 119 Å². The number of carbonyl (C=O) groups excluding carboxylic acids is 1. The highest BCUT2D eigenvalue weighted by Crippen LogP contribution is 2.22. The minimum Gasteiger partial charge on any atom is -0.399 e. The molecule has 7 nitrogen and oxygen atoms in total. The molecule has 0 aromatic heterocycles. The molecule has 0 aliphatic carbocycles. The molecule has 0 saturated heterocycles. The fourth-order valence-corrected chi connectivity index (χ4v) is 1.72. The van der Waals surface area contributed by atoms with Crippen LogP contribution in [0.25, 0.3) is 0 Å². The van der Waals surface area contributed by atoms with Crippen molar-refractivity contribution in [1.29, 1.82) is 5.26 Å². The normalized spacial score (nSPS) is 9.67. The van der Waals surface area contributed by atoms with E-state index in [1.54, 1.807) is 0 Å². The fourth-order valence-electron chi connectivity index (χ4n) is 1.72. The largest absolute Gasteiger partial charge is 0.399 e. The molecule has 0 spiro atoms. The highest BCUT2D eigenvalue weighted by molar-refractivity contribution is 6.07. The van der Waals surface area contributed by atoms with E-state index in [1.165, 1.54) is 42.5 Å². The van der Waals surface area contributed by atoms with Crippen LogP contribution in [0.2, 0.25) is 0 Å². The molecule has 2 rings (SSSR count). The van der Waals surface area contributed by atoms with Gasteiger partial charge in [-0.2, -0.15) is 5.26 Å². The zero-order valence-electron chi connectivity index (χ0n) is 10.7. The van der Waals surface area contributed by atoms with Crippen molar-refractivity contribution in [2.24, 2.45) is 0 Å². The van der Waals surface area contributed by atoms with E-state index in [4.69, 9.17) is 11.0 Å². The molecule has 0 fully saturated rings. The van der Waals surface area contributed by atoms with Gasteiger partial charge in [0.05, 0.1) is 16.6 Å². The van der Waals surface area contributed by atoms with Crippen LogP contribution in [0.15, 0.2) is 42.5 Å². The van der Waals surface area contributed by atoms with Crippen molar-refractivity contribution in [3.63, 3.8) is 0 Å². The second-order valence-corrected chi connectivity index (χ2v) is 4.18. The first-order chi connectivity index (χ1) is 10.0. The molecule has 2 aromatic carbocycles. The maximum Gasteiger partial charge on any atom is 0.282 e. The number of nitrogen functional groups attached to an aromatic ring is 1. The van der Waals surface area contributed by atoms with Crippen molar-refractivity contribution in [1.82, 2.24) is 0 Å². The summed E-state index contributed by atoms with van der Waals surface area (Å²) in [4.78, 5) is 22.4. The van der Waals surface area contributed by atoms with Crippen LogP contribution in [-0.2, 0) is 0 Å². The Balaban J connectivity index is 2.29. The van der Waals surface area contributed by atoms with Gasteiger partial charge in [-0.1, -0.05) is 0 Å². The first-order valence-corrected chi connectivity index (χ1v) is 5.86. The van der Waals surface area contributed by atoms with Crippen molar-refractivity contribution < 1.29 is 9.72 Å². The number of nitrogens with one attached hydrogen (secondary N) is 1. The SMILES string of the molecule is N#Cc1ccc(NC(=O)c2cc(N)ccc2[N+](=O)[O-])cc1. The number of rotatable bonds is 3. The number of nitro groups is 1. The molecule has 2 aromatic rings. The zero-order chi connectivity index (χ0) is 15.4. The number of nitriles is 1. The number of carbonyl (C=O) groups is 1. The Morgan fingerprint density at radius 3 is 2.48 bits per heavy atom. The van der Waals surface area contributed by atoms with Crippen molar-refractivity contribution in [3.8, 4) is 6.07 Å². The predicted octanol–water partition coefficient (Wildman–Crippen LogP) is 2.30. The van der Waals surface area contributed by atoms with Gasteiger partial charge in [-0.3, -0.25) is 14.9 Å². The van der Waals surface area contributed by atoms with Crippen LogP contribution >= 0.6 is 0 Å². The van der Waals surface area contributed by atoms with Gasteiger partial charge in [0.2, 0.25) is 0 Å². The lowest BCUT2D eigenvalue weighted by Crippen LogP contribution is -2.14. The van der Waals surface area contributed by atoms with Crippen molar-refractivity contribution in [3.05, 3.63) is 63.7 Å². The van der Waals surface area contributed by atoms with Gasteiger partial charge < -0.3 is 11.1 Å². The molecular weight excluding hydrogens is 272 g/mol. The number of nitrogens with two attached hydrogens (primary N) is 1. The second kappa shape index (κ2) is 5.71. The third kappa shape index (κ3) is 3.13. The summed E-state index contributed by atoms with van der Waals surface area (Å²) in [7, 11) is 0. The van der Waals surface area contributed by atoms with Gasteiger partial charge in [-0.05, 0) is 36.4 Å². The Morgan fingerprint density at radius 2 is 1.90 bits per heavy atom. The number of hydrogen-bond donors (Lipinski definition) is 2. The lowest BCUT2D eigenvalue weighted by atomic mass is 10.1. The molecule has 104 valence electrons. The van der Waals surface area contributed by atoms with Gasteiger partial charge in [0.25, 0.3) is 11.6 Å². The minimum absolute atomic E-state index is 0.121. The number of amides is 1. The first kappa shape index (κ1) is 14.0. The smallest absolute Gasteiger partial charge is 0.282 e. The highest BCUT2D eigenvalue weighted by atomic mass is 16.6. The molecule has 0 unspecified atom stereocenters. The molecule has 0 atom stereocenters. The van der Waals surface area contributed by atoms with Crippen LogP contribution in [0.1, 0.15) is 15.9 Å². The number of nitrogens with zero attached hydrogens (tertiary/aromatic N) is 2. The van der Waals surface area contributed by atoms with Crippen molar-refractivity contribution >= 4 is 23.0 Å². The maximum atomic E-state index is 12.1. The molecule has 0 aliphatic rings. The van der Waals surface area contributed by atoms with Gasteiger partial charge in [0, 0.05) is 17.4 Å². The van der Waals surface area contributed by atoms with E-state index in [0.717, 1.165) is 0 Å². The molecule has 7 heteroatoms. The zero-order valence-corrected chi connectivity index (χ0v) is 10.7. The van der Waals surface area contributed by atoms with Gasteiger partial charge in [-0.15, -0.1) is 0 Å². The second-order valence-electron chi connectivity index (χ2n) is 4.18. The van der Waals surface area contributed by atoms with E-state index in [1.807, 2.05) is 6.07 Å². The Kier molecular flexibility index (Phi) is 3.81. The molecular formula is C14H10N4O3. The standard InChI is InChI=1S/C14H10N4O3/c15-8-9-1-4-11(5-2-9)17-14(19)12-7-10(16)3-6-13(12)18(20)21/h1-7H,16H2,(H,17,19). The molecule has 3 N–H and O–H groups in total. The molecule has 0 aliphatic heterocycles. The summed E-state index contributed by atoms with van der Waals surface area (Å²) in [6.07, 6.45) is 0. The third-order valence-electron chi connectivity index (χ3n) is 2.73. The summed E-state index contributed by atoms with van der Waals surface area (Å²) in [6, 6.07) is 11.9. The van der Waals surface area contributed by atoms with E-state index in [-0.39, 0.29) is 16.9 Å². The number of anilines is 2. The average Bonchev–Trinajstić information content (AvgIpc) is 2.47. The number of nitro benzene ring substituents is 1. The molecule has 0 saturated carbocycles. The topological polar surface area (TPSA) is 122 Å². The van der Waals surface area contributed by atoms with Crippen LogP contribution in [0.4, 0.5) is 17.1 Å². The van der Waals surface area contributed by atoms with Gasteiger partial charge in [0.1, 0.15) is 5.56 Å². The van der Waals surface area contributed by atoms with Crippen LogP contribution in [-0.4, -0.2) is 10.8 Å². The minimum atomic E-state index is -0.646. The van der Waals surface area contributed by atoms with E-state index < -0.39 is 10.8 Å². The molecule has 21 heavy (non-hydrogen) atoms. The summed E-state index contributed by atoms with van der Waals surface area (Å²) in [5.41, 5.74) is 6.24. The average molecular weight is 282 g/mol. The Morgan fingerprint density at radius 1 is 1.24 bits per heavy atom. The van der Waals surface area contributed by atoms with Crippen molar-refractivity contribution in [2.45, 2.75) is 0 Å². The summed E-state index contributed by atoms with van der Waals surface area (Å²) >= 11 is 0. The quantitative estimate of drug-likeness (QED) is 0.508. The van der Waals surface area contributed by atoms with Crippen molar-refractivity contribution in [2.75, 3.05) is 11.1 Å². The highest BCUT2D eigenvalue weighted by Gasteiger charge is 2.20. The molecule has 1 amide bonds. The molecule has 0 bridgehead atoms. The predicted molar refractivity (Wildman–Crippen MR) is 76.6 cm³/mol. The van der Waals surface area contributed by atoms with Crippen LogP contribution in [0.5, 0.6) is 0 Å². The summed E-state index contributed by atoms with van der Waals surface area (Å²) in [5, 5.41) is 22.1. The lowest BCUT2D eigenvalue weighted by Gasteiger charge is -2.06. The number of hydrogen-bond acceptors (Lipinski definition) is 5. The van der Waals surface area contributed by atoms with Gasteiger partial charge >= 0.3 is 0 Å². The van der Waals surface area contributed by atoms with E-state index in [0.29, 0.717) is 11.3 Å². The van der Waals surface area contributed by atoms with Crippen LogP contribution < -0.4 is 11.1 Å². The Hall–Kier alpha value is -3.40. The summed E-state index contributed by atoms with van der Waals surface area (Å²) < 4.78 is 0. The molecule has 0 heterocycles. The first-order valence-electron chi connectivity index (χ1n) is 5.86. The van der Waals surface area contributed by atoms with E-state index in [2.05, 4.69) is 5.32 Å². The van der Waals surface area contributed by atoms with Gasteiger partial charge in [-0.25, -0.2) is 0 Å². The maximum absolute atomic E-state index is 12.1. The van der Waals surface area contributed by atoms with Crippen LogP contribution in [0, 0.1) is 21.4 Å². The third-order valence-corrected chi connectivity index (χ3v) is 2.73. The Bertz CT molecular complexity index is 748. The lowest BCUT2D eigenvalue weighted by molar-refractivity contribution is -0.385. The summed E-state index contributed by atoms with van der Waals surface area (Å²) in [6.45, 7) is 0. The fraction of sp³-hybridized carbons (Fsp3) is 0. The van der Waals surface area contributed by atoms with Gasteiger partial charge in [0.15, 0.2) is 0 Å². The number of benzene rings is 2. The van der Waals surface area contributed by atoms with E-state index >= 15 is 0 Å². The van der Waals surface area contributed by atoms with Crippen LogP contribution in [0.3, 0.4) is 0 Å². The molecule has 0 radical (unpaired) electrons. The monoisotopic (exact) mass is 282 g/mol. The van der Waals surface area contributed by atoms with E-state index in [9.17, 15) is 14.9 Å². The summed E-state index contributed by atoms with van der Waals surface area (Å²) in [5.74, 6) is -0.640.